The van der Waals surface area contributed by atoms with Crippen molar-refractivity contribution >= 4 is 22.6 Å². The Balaban J connectivity index is 2.35. The van der Waals surface area contributed by atoms with Crippen molar-refractivity contribution in [1.82, 2.24) is 0 Å². The fraction of sp³-hybridized carbons (Fsp3) is 0.154. The molecule has 0 heterocycles. The molecule has 0 aliphatic carbocycles. The molecule has 4 nitrogen and oxygen atoms in total. The third-order valence-corrected chi connectivity index (χ3v) is 2.40. The van der Waals surface area contributed by atoms with Crippen LogP contribution in [0.4, 0.5) is 10.5 Å². The van der Waals surface area contributed by atoms with Crippen LogP contribution in [0.3, 0.4) is 0 Å². The summed E-state index contributed by atoms with van der Waals surface area (Å²) in [6.07, 6.45) is -0.700. The lowest BCUT2D eigenvalue weighted by Gasteiger charge is -2.00. The first kappa shape index (κ1) is 11.3. The maximum Gasteiger partial charge on any atom is 0.452 e. The van der Waals surface area contributed by atoms with Crippen LogP contribution < -0.4 is 0 Å². The minimum atomic E-state index is -0.700. The molecule has 1 amide bonds. The monoisotopic (exact) mass is 228 g/mol. The number of fused-ring (bicyclic) bond motifs is 1. The van der Waals surface area contributed by atoms with Gasteiger partial charge in [0.2, 0.25) is 0 Å². The first-order chi connectivity index (χ1) is 8.19. The van der Waals surface area contributed by atoms with Gasteiger partial charge in [0.1, 0.15) is 0 Å². The lowest BCUT2D eigenvalue weighted by molar-refractivity contribution is 0.181. The standard InChI is InChI=1S/C13H12N2O2/c1-9-3-4-11-8-12(6-5-10(11)7-9)14-15-13(16)17-2/h3-8H,1-2H3. The molecule has 2 aromatic carbocycles. The van der Waals surface area contributed by atoms with E-state index in [1.54, 1.807) is 0 Å². The molecule has 86 valence electrons. The third-order valence-electron chi connectivity index (χ3n) is 2.40. The molecule has 0 N–H and O–H groups in total. The second kappa shape index (κ2) is 4.74. The lowest BCUT2D eigenvalue weighted by atomic mass is 10.1. The van der Waals surface area contributed by atoms with Gasteiger partial charge in [-0.3, -0.25) is 0 Å². The van der Waals surface area contributed by atoms with Gasteiger partial charge < -0.3 is 4.74 Å². The number of rotatable bonds is 1. The summed E-state index contributed by atoms with van der Waals surface area (Å²) in [5.74, 6) is 0. The van der Waals surface area contributed by atoms with Crippen molar-refractivity contribution in [3.8, 4) is 0 Å². The molecule has 0 aliphatic rings. The van der Waals surface area contributed by atoms with E-state index in [0.717, 1.165) is 10.8 Å². The van der Waals surface area contributed by atoms with Gasteiger partial charge in [-0.15, -0.1) is 5.11 Å². The molecule has 0 saturated heterocycles. The zero-order valence-corrected chi connectivity index (χ0v) is 9.68. The predicted octanol–water partition coefficient (Wildman–Crippen LogP) is 4.00. The van der Waals surface area contributed by atoms with E-state index in [9.17, 15) is 4.79 Å². The Bertz CT molecular complexity index is 591. The van der Waals surface area contributed by atoms with E-state index in [1.807, 2.05) is 37.3 Å². The molecule has 0 spiro atoms. The van der Waals surface area contributed by atoms with Gasteiger partial charge in [-0.1, -0.05) is 34.9 Å². The quantitative estimate of drug-likeness (QED) is 0.692. The number of amides is 1. The largest absolute Gasteiger partial charge is 0.452 e. The van der Waals surface area contributed by atoms with Crippen LogP contribution >= 0.6 is 0 Å². The van der Waals surface area contributed by atoms with E-state index in [4.69, 9.17) is 0 Å². The maximum atomic E-state index is 10.8. The number of benzene rings is 2. The molecule has 0 fully saturated rings. The Morgan fingerprint density at radius 2 is 1.82 bits per heavy atom. The molecule has 0 aliphatic heterocycles. The fourth-order valence-electron chi connectivity index (χ4n) is 1.55. The van der Waals surface area contributed by atoms with Crippen LogP contribution in [0, 0.1) is 6.92 Å². The normalized spacial score (nSPS) is 10.9. The molecule has 2 aromatic rings. The summed E-state index contributed by atoms with van der Waals surface area (Å²) in [6, 6.07) is 11.8. The Kier molecular flexibility index (Phi) is 3.14. The van der Waals surface area contributed by atoms with Crippen molar-refractivity contribution in [2.45, 2.75) is 6.92 Å². The summed E-state index contributed by atoms with van der Waals surface area (Å²) < 4.78 is 4.38. The SMILES string of the molecule is COC(=O)N=Nc1ccc2cc(C)ccc2c1. The average molecular weight is 228 g/mol. The number of ether oxygens (including phenoxy) is 1. The van der Waals surface area contributed by atoms with Crippen molar-refractivity contribution < 1.29 is 9.53 Å². The average Bonchev–Trinajstić information content (AvgIpc) is 2.35. The van der Waals surface area contributed by atoms with E-state index in [0.29, 0.717) is 5.69 Å². The second-order valence-corrected chi connectivity index (χ2v) is 3.70. The number of methoxy groups -OCH3 is 1. The van der Waals surface area contributed by atoms with E-state index >= 15 is 0 Å². The van der Waals surface area contributed by atoms with Gasteiger partial charge in [-0.25, -0.2) is 4.79 Å². The number of hydrogen-bond donors (Lipinski definition) is 0. The van der Waals surface area contributed by atoms with Gasteiger partial charge in [0.25, 0.3) is 0 Å². The van der Waals surface area contributed by atoms with E-state index in [1.165, 1.54) is 12.7 Å². The molecular formula is C13H12N2O2. The molecule has 0 atom stereocenters. The third kappa shape index (κ3) is 2.66. The highest BCUT2D eigenvalue weighted by molar-refractivity contribution is 5.85. The highest BCUT2D eigenvalue weighted by atomic mass is 16.5. The van der Waals surface area contributed by atoms with Crippen LogP contribution in [-0.2, 0) is 4.74 Å². The van der Waals surface area contributed by atoms with E-state index < -0.39 is 6.09 Å². The zero-order chi connectivity index (χ0) is 12.3. The molecule has 0 aromatic heterocycles. The molecule has 17 heavy (non-hydrogen) atoms. The number of azo groups is 1. The summed E-state index contributed by atoms with van der Waals surface area (Å²) in [6.45, 7) is 2.05. The number of aryl methyl sites for hydroxylation is 1. The van der Waals surface area contributed by atoms with Gasteiger partial charge in [0, 0.05) is 0 Å². The van der Waals surface area contributed by atoms with Crippen LogP contribution in [-0.4, -0.2) is 13.2 Å². The Labute approximate surface area is 98.9 Å². The van der Waals surface area contributed by atoms with Crippen LogP contribution in [0.5, 0.6) is 0 Å². The second-order valence-electron chi connectivity index (χ2n) is 3.70. The first-order valence-corrected chi connectivity index (χ1v) is 5.19. The molecule has 2 rings (SSSR count). The molecular weight excluding hydrogens is 216 g/mol. The van der Waals surface area contributed by atoms with Gasteiger partial charge in [0.15, 0.2) is 0 Å². The summed E-state index contributed by atoms with van der Waals surface area (Å²) in [4.78, 5) is 10.8. The van der Waals surface area contributed by atoms with E-state index in [2.05, 4.69) is 21.0 Å². The van der Waals surface area contributed by atoms with Gasteiger partial charge in [0.05, 0.1) is 12.8 Å². The Hall–Kier alpha value is -2.23. The summed E-state index contributed by atoms with van der Waals surface area (Å²) >= 11 is 0. The van der Waals surface area contributed by atoms with Gasteiger partial charge in [-0.05, 0) is 29.8 Å². The van der Waals surface area contributed by atoms with Crippen molar-refractivity contribution in [2.24, 2.45) is 10.2 Å². The molecule has 0 unspecified atom stereocenters. The van der Waals surface area contributed by atoms with Crippen LogP contribution in [0.1, 0.15) is 5.56 Å². The van der Waals surface area contributed by atoms with Crippen molar-refractivity contribution in [3.63, 3.8) is 0 Å². The number of nitrogens with zero attached hydrogens (tertiary/aromatic N) is 2. The minimum absolute atomic E-state index is 0.631. The van der Waals surface area contributed by atoms with E-state index in [-0.39, 0.29) is 0 Å². The number of carbonyl (C=O) groups is 1. The van der Waals surface area contributed by atoms with Crippen molar-refractivity contribution in [3.05, 3.63) is 42.0 Å². The minimum Gasteiger partial charge on any atom is -0.450 e. The van der Waals surface area contributed by atoms with Gasteiger partial charge in [-0.2, -0.15) is 0 Å². The molecule has 0 radical (unpaired) electrons. The summed E-state index contributed by atoms with van der Waals surface area (Å²) in [7, 11) is 1.27. The lowest BCUT2D eigenvalue weighted by Crippen LogP contribution is -1.89. The topological polar surface area (TPSA) is 51.0 Å². The van der Waals surface area contributed by atoms with Crippen LogP contribution in [0.15, 0.2) is 46.6 Å². The molecule has 4 heteroatoms. The van der Waals surface area contributed by atoms with Crippen molar-refractivity contribution in [1.29, 1.82) is 0 Å². The fourth-order valence-corrected chi connectivity index (χ4v) is 1.55. The first-order valence-electron chi connectivity index (χ1n) is 5.19. The molecule has 0 saturated carbocycles. The number of hydrogen-bond acceptors (Lipinski definition) is 3. The van der Waals surface area contributed by atoms with Crippen LogP contribution in [0.25, 0.3) is 10.8 Å². The number of carbonyl (C=O) groups excluding carboxylic acids is 1. The highest BCUT2D eigenvalue weighted by Gasteiger charge is 1.98. The molecule has 0 bridgehead atoms. The Morgan fingerprint density at radius 1 is 1.12 bits per heavy atom. The zero-order valence-electron chi connectivity index (χ0n) is 9.68. The van der Waals surface area contributed by atoms with Crippen LogP contribution in [0.2, 0.25) is 0 Å². The smallest absolute Gasteiger partial charge is 0.450 e. The maximum absolute atomic E-state index is 10.8. The predicted molar refractivity (Wildman–Crippen MR) is 65.6 cm³/mol. The van der Waals surface area contributed by atoms with Gasteiger partial charge >= 0.3 is 6.09 Å². The summed E-state index contributed by atoms with van der Waals surface area (Å²) in [5, 5.41) is 9.41. The summed E-state index contributed by atoms with van der Waals surface area (Å²) in [5.41, 5.74) is 1.84. The highest BCUT2D eigenvalue weighted by Crippen LogP contribution is 2.22. The Morgan fingerprint density at radius 3 is 2.59 bits per heavy atom. The van der Waals surface area contributed by atoms with Crippen molar-refractivity contribution in [2.75, 3.05) is 7.11 Å².